The predicted molar refractivity (Wildman–Crippen MR) is 252 cm³/mol. The van der Waals surface area contributed by atoms with E-state index < -0.39 is 0 Å². The molecular weight excluding hydrogens is 753 g/mol. The van der Waals surface area contributed by atoms with Crippen LogP contribution in [-0.4, -0.2) is 6.71 Å². The lowest BCUT2D eigenvalue weighted by Gasteiger charge is -2.43. The first-order valence-electron chi connectivity index (χ1n) is 22.6. The predicted octanol–water partition coefficient (Wildman–Crippen LogP) is 13.8. The summed E-state index contributed by atoms with van der Waals surface area (Å²) in [7, 11) is 0. The number of hydrogen-bond acceptors (Lipinski definition) is 5. The molecule has 3 aliphatic carbocycles. The van der Waals surface area contributed by atoms with Crippen LogP contribution in [0.25, 0.3) is 42.4 Å². The van der Waals surface area contributed by atoms with Crippen molar-refractivity contribution < 1.29 is 13.3 Å². The van der Waals surface area contributed by atoms with Gasteiger partial charge in [0.2, 0.25) is 0 Å². The summed E-state index contributed by atoms with van der Waals surface area (Å²) in [6.45, 7) is 28.8. The number of rotatable bonds is 2. The van der Waals surface area contributed by atoms with E-state index >= 15 is 0 Å². The largest absolute Gasteiger partial charge is 0.474 e. The number of nitrogens with zero attached hydrogens (tertiary/aromatic N) is 1. The van der Waals surface area contributed by atoms with Gasteiger partial charge in [0.1, 0.15) is 29.2 Å². The Morgan fingerprint density at radius 2 is 1.13 bits per heavy atom. The van der Waals surface area contributed by atoms with Crippen LogP contribution in [0.2, 0.25) is 0 Å². The summed E-state index contributed by atoms with van der Waals surface area (Å²) in [5.41, 5.74) is 15.8. The molecule has 6 heteroatoms. The summed E-state index contributed by atoms with van der Waals surface area (Å²) in [5, 5.41) is 2.66. The molecule has 0 atom stereocenters. The van der Waals surface area contributed by atoms with Gasteiger partial charge in [-0.2, -0.15) is 0 Å². The van der Waals surface area contributed by atoms with E-state index in [4.69, 9.17) is 13.3 Å². The van der Waals surface area contributed by atoms with Crippen LogP contribution < -0.4 is 21.7 Å². The number of furan rings is 3. The maximum Gasteiger partial charge on any atom is 0.338 e. The van der Waals surface area contributed by atoms with Crippen LogP contribution in [0.1, 0.15) is 156 Å². The molecule has 0 N–H and O–H groups in total. The summed E-state index contributed by atoms with van der Waals surface area (Å²) in [4.78, 5) is 2.64. The van der Waals surface area contributed by atoms with Crippen molar-refractivity contribution in [1.82, 2.24) is 0 Å². The minimum atomic E-state index is -0.148. The molecule has 3 aromatic carbocycles. The van der Waals surface area contributed by atoms with Crippen molar-refractivity contribution in [2.75, 3.05) is 4.90 Å². The number of benzene rings is 3. The topological polar surface area (TPSA) is 42.7 Å². The molecule has 0 fully saturated rings. The van der Waals surface area contributed by atoms with Crippen LogP contribution in [0.5, 0.6) is 0 Å². The Hall–Kier alpha value is -4.42. The van der Waals surface area contributed by atoms with Gasteiger partial charge in [-0.15, -0.1) is 11.3 Å². The van der Waals surface area contributed by atoms with Crippen molar-refractivity contribution >= 4 is 72.1 Å². The highest BCUT2D eigenvalue weighted by Crippen LogP contribution is 2.60. The van der Waals surface area contributed by atoms with Crippen molar-refractivity contribution in [3.05, 3.63) is 94.8 Å². The number of hydrogen-bond donors (Lipinski definition) is 0. The molecule has 4 nitrogen and oxygen atoms in total. The standard InChI is InChI=1S/C54H58BNO3S/c1-49(2)20-23-52(7,8)44-39(49)34(28-57-44)56-33-27-29(30-17-15-19-36-37(30)31-16-13-14-18-35(31)60-36)26-32-38-40-45(53(9,10)24-21-50(40,3)4)58-47(38)55(42(32)33)48-43(56)41-46(59-48)54(11,12)25-22-51(41,5)6/h13-19,26-28H,20-25H2,1-12H3. The van der Waals surface area contributed by atoms with Gasteiger partial charge in [0.05, 0.1) is 17.0 Å². The van der Waals surface area contributed by atoms with Crippen LogP contribution in [0.4, 0.5) is 17.1 Å². The fourth-order valence-electron chi connectivity index (χ4n) is 12.5. The van der Waals surface area contributed by atoms with Gasteiger partial charge in [-0.1, -0.05) is 113 Å². The minimum absolute atomic E-state index is 0.0456. The quantitative estimate of drug-likeness (QED) is 0.163. The van der Waals surface area contributed by atoms with Crippen LogP contribution >= 0.6 is 11.3 Å². The molecule has 306 valence electrons. The molecule has 4 aromatic heterocycles. The maximum absolute atomic E-state index is 7.61. The third-order valence-electron chi connectivity index (χ3n) is 16.3. The Bertz CT molecular complexity index is 3030. The van der Waals surface area contributed by atoms with Gasteiger partial charge in [-0.05, 0) is 101 Å². The second kappa shape index (κ2) is 11.3. The second-order valence-corrected chi connectivity index (χ2v) is 24.3. The Morgan fingerprint density at radius 3 is 1.85 bits per heavy atom. The van der Waals surface area contributed by atoms with Gasteiger partial charge in [0, 0.05) is 64.4 Å². The zero-order valence-electron chi connectivity index (χ0n) is 37.7. The average Bonchev–Trinajstić information content (AvgIpc) is 4.01. The first kappa shape index (κ1) is 37.4. The Morgan fingerprint density at radius 1 is 0.550 bits per heavy atom. The molecule has 7 aromatic rings. The molecule has 0 saturated carbocycles. The van der Waals surface area contributed by atoms with Crippen LogP contribution in [-0.2, 0) is 32.5 Å². The van der Waals surface area contributed by atoms with Gasteiger partial charge < -0.3 is 18.2 Å². The van der Waals surface area contributed by atoms with Gasteiger partial charge in [-0.3, -0.25) is 0 Å². The van der Waals surface area contributed by atoms with Crippen molar-refractivity contribution in [3.63, 3.8) is 0 Å². The Balaban J connectivity index is 1.26. The smallest absolute Gasteiger partial charge is 0.338 e. The van der Waals surface area contributed by atoms with E-state index in [0.717, 1.165) is 67.1 Å². The summed E-state index contributed by atoms with van der Waals surface area (Å²) in [6.07, 6.45) is 8.69. The fourth-order valence-corrected chi connectivity index (χ4v) is 13.6. The van der Waals surface area contributed by atoms with E-state index in [0.29, 0.717) is 0 Å². The molecule has 0 unspecified atom stereocenters. The van der Waals surface area contributed by atoms with Crippen LogP contribution in [0.15, 0.2) is 74.1 Å². The van der Waals surface area contributed by atoms with Crippen molar-refractivity contribution in [1.29, 1.82) is 0 Å². The van der Waals surface area contributed by atoms with Crippen molar-refractivity contribution in [2.24, 2.45) is 0 Å². The second-order valence-electron chi connectivity index (χ2n) is 23.2. The Labute approximate surface area is 359 Å². The summed E-state index contributed by atoms with van der Waals surface area (Å²) in [6, 6.07) is 20.9. The third kappa shape index (κ3) is 4.65. The number of thiophene rings is 1. The lowest BCUT2D eigenvalue weighted by Crippen LogP contribution is -2.54. The molecule has 0 radical (unpaired) electrons. The van der Waals surface area contributed by atoms with E-state index in [-0.39, 0.29) is 39.2 Å². The molecule has 0 spiro atoms. The van der Waals surface area contributed by atoms with Gasteiger partial charge in [-0.25, -0.2) is 0 Å². The average molecular weight is 812 g/mol. The Kier molecular flexibility index (Phi) is 7.06. The molecule has 2 aliphatic heterocycles. The zero-order valence-corrected chi connectivity index (χ0v) is 38.5. The van der Waals surface area contributed by atoms with E-state index in [2.05, 4.69) is 149 Å². The lowest BCUT2D eigenvalue weighted by molar-refractivity contribution is 0.278. The van der Waals surface area contributed by atoms with E-state index in [9.17, 15) is 0 Å². The van der Waals surface area contributed by atoms with Crippen LogP contribution in [0.3, 0.4) is 0 Å². The van der Waals surface area contributed by atoms with E-state index in [1.165, 1.54) is 81.7 Å². The third-order valence-corrected chi connectivity index (χ3v) is 17.4. The summed E-state index contributed by atoms with van der Waals surface area (Å²) >= 11 is 1.90. The van der Waals surface area contributed by atoms with Gasteiger partial charge >= 0.3 is 6.71 Å². The minimum Gasteiger partial charge on any atom is -0.474 e. The normalized spacial score (nSPS) is 21.7. The highest BCUT2D eigenvalue weighted by atomic mass is 32.1. The molecular formula is C54H58BNO3S. The first-order valence-corrected chi connectivity index (χ1v) is 23.4. The number of anilines is 3. The monoisotopic (exact) mass is 811 g/mol. The number of fused-ring (bicyclic) bond motifs is 13. The summed E-state index contributed by atoms with van der Waals surface area (Å²) in [5.74, 6) is 3.43. The van der Waals surface area contributed by atoms with Crippen LogP contribution in [0, 0.1) is 0 Å². The lowest BCUT2D eigenvalue weighted by atomic mass is 9.41. The molecule has 12 rings (SSSR count). The van der Waals surface area contributed by atoms with E-state index in [1.807, 2.05) is 11.3 Å². The highest BCUT2D eigenvalue weighted by molar-refractivity contribution is 7.26. The molecule has 0 saturated heterocycles. The molecule has 0 bridgehead atoms. The highest BCUT2D eigenvalue weighted by Gasteiger charge is 2.57. The summed E-state index contributed by atoms with van der Waals surface area (Å²) < 4.78 is 24.7. The van der Waals surface area contributed by atoms with E-state index in [1.54, 1.807) is 0 Å². The van der Waals surface area contributed by atoms with Crippen molar-refractivity contribution in [2.45, 2.75) is 154 Å². The molecule has 0 amide bonds. The molecule has 60 heavy (non-hydrogen) atoms. The molecule has 5 aliphatic rings. The van der Waals surface area contributed by atoms with Gasteiger partial charge in [0.25, 0.3) is 0 Å². The zero-order chi connectivity index (χ0) is 41.8. The first-order chi connectivity index (χ1) is 28.2. The maximum atomic E-state index is 7.61. The van der Waals surface area contributed by atoms with Gasteiger partial charge in [0.15, 0.2) is 0 Å². The van der Waals surface area contributed by atoms with Crippen molar-refractivity contribution in [3.8, 4) is 22.3 Å². The molecule has 6 heterocycles. The fraction of sp³-hybridized carbons (Fsp3) is 0.444. The SMILES string of the molecule is CC1(C)CCC(C)(C)c2c(N3c4cc(-c5cccc6sc7ccccc7c56)cc5c4B(c4oc6c(c4-5)C(C)(C)CCC6(C)C)c4oc5c(c43)C(C)(C)CCC5(C)C)coc21.